The van der Waals surface area contributed by atoms with Crippen LogP contribution in [0.2, 0.25) is 5.54 Å². The molecule has 0 aromatic carbocycles. The fourth-order valence-electron chi connectivity index (χ4n) is 4.98. The average molecular weight is 446 g/mol. The summed E-state index contributed by atoms with van der Waals surface area (Å²) in [6.45, 7) is 5.80. The van der Waals surface area contributed by atoms with E-state index in [1.165, 1.54) is 16.7 Å². The fourth-order valence-corrected chi connectivity index (χ4v) is 5.81. The van der Waals surface area contributed by atoms with Gasteiger partial charge in [-0.2, -0.15) is 0 Å². The molecule has 3 heterocycles. The molecule has 161 valence electrons. The van der Waals surface area contributed by atoms with E-state index < -0.39 is 17.2 Å². The number of amides is 2. The molecule has 4 rings (SSSR count). The zero-order valence-electron chi connectivity index (χ0n) is 18.1. The first-order valence-electron chi connectivity index (χ1n) is 10.6. The Balaban J connectivity index is 1.77. The SMILES string of the molecule is CSc1ncc2c(n1)N(C1CCCC1)[C@]1(C2)C(=O)N(C(=O)OC(C)(C)C)CCC1[Si]. The van der Waals surface area contributed by atoms with Gasteiger partial charge in [0, 0.05) is 41.0 Å². The Labute approximate surface area is 185 Å². The molecule has 1 spiro atoms. The van der Waals surface area contributed by atoms with Gasteiger partial charge in [0.2, 0.25) is 0 Å². The number of hydrogen-bond donors (Lipinski definition) is 0. The number of ether oxygens (including phenoxy) is 1. The maximum Gasteiger partial charge on any atom is 0.417 e. The number of thioether (sulfide) groups is 1. The number of hydrogen-bond acceptors (Lipinski definition) is 7. The van der Waals surface area contributed by atoms with E-state index in [2.05, 4.69) is 20.1 Å². The quantitative estimate of drug-likeness (QED) is 0.392. The van der Waals surface area contributed by atoms with Crippen molar-refractivity contribution < 1.29 is 14.3 Å². The molecular weight excluding hydrogens is 416 g/mol. The number of nitrogens with zero attached hydrogens (tertiary/aromatic N) is 4. The third-order valence-electron chi connectivity index (χ3n) is 6.26. The van der Waals surface area contributed by atoms with Crippen LogP contribution in [0, 0.1) is 0 Å². The number of aromatic nitrogens is 2. The van der Waals surface area contributed by atoms with E-state index in [0.717, 1.165) is 37.1 Å². The van der Waals surface area contributed by atoms with E-state index in [1.54, 1.807) is 0 Å². The molecule has 0 N–H and O–H groups in total. The molecule has 7 nitrogen and oxygen atoms in total. The fraction of sp³-hybridized carbons (Fsp3) is 0.714. The molecule has 9 heteroatoms. The number of carbonyl (C=O) groups excluding carboxylic acids is 2. The third kappa shape index (κ3) is 3.53. The van der Waals surface area contributed by atoms with Crippen LogP contribution in [0.1, 0.15) is 58.4 Å². The van der Waals surface area contributed by atoms with Crippen LogP contribution in [-0.4, -0.2) is 67.1 Å². The predicted molar refractivity (Wildman–Crippen MR) is 117 cm³/mol. The first kappa shape index (κ1) is 21.6. The van der Waals surface area contributed by atoms with Crippen molar-refractivity contribution in [1.82, 2.24) is 14.9 Å². The van der Waals surface area contributed by atoms with Crippen LogP contribution < -0.4 is 4.90 Å². The lowest BCUT2D eigenvalue weighted by Crippen LogP contribution is -2.67. The second-order valence-electron chi connectivity index (χ2n) is 9.39. The van der Waals surface area contributed by atoms with Gasteiger partial charge in [0.15, 0.2) is 5.16 Å². The minimum Gasteiger partial charge on any atom is -0.443 e. The van der Waals surface area contributed by atoms with Gasteiger partial charge in [-0.15, -0.1) is 0 Å². The van der Waals surface area contributed by atoms with E-state index in [4.69, 9.17) is 9.72 Å². The molecule has 3 aliphatic rings. The second kappa shape index (κ2) is 7.82. The highest BCUT2D eigenvalue weighted by molar-refractivity contribution is 7.98. The topological polar surface area (TPSA) is 75.6 Å². The number of anilines is 1. The highest BCUT2D eigenvalue weighted by Gasteiger charge is 2.60. The lowest BCUT2D eigenvalue weighted by Gasteiger charge is -2.50. The Morgan fingerprint density at radius 2 is 2.00 bits per heavy atom. The van der Waals surface area contributed by atoms with Gasteiger partial charge in [-0.3, -0.25) is 4.79 Å². The van der Waals surface area contributed by atoms with Gasteiger partial charge in [0.25, 0.3) is 5.91 Å². The van der Waals surface area contributed by atoms with Crippen molar-refractivity contribution in [3.63, 3.8) is 0 Å². The molecule has 30 heavy (non-hydrogen) atoms. The lowest BCUT2D eigenvalue weighted by atomic mass is 9.82. The Morgan fingerprint density at radius 1 is 1.30 bits per heavy atom. The summed E-state index contributed by atoms with van der Waals surface area (Å²) in [5.41, 5.74) is -0.647. The first-order valence-corrected chi connectivity index (χ1v) is 12.4. The molecule has 2 amide bonds. The molecule has 1 unspecified atom stereocenters. The van der Waals surface area contributed by atoms with Crippen molar-refractivity contribution in [3.05, 3.63) is 11.8 Å². The van der Waals surface area contributed by atoms with Crippen molar-refractivity contribution in [2.24, 2.45) is 0 Å². The van der Waals surface area contributed by atoms with Crippen molar-refractivity contribution in [2.75, 3.05) is 17.7 Å². The zero-order valence-corrected chi connectivity index (χ0v) is 19.9. The normalized spacial score (nSPS) is 27.1. The van der Waals surface area contributed by atoms with Gasteiger partial charge in [0.1, 0.15) is 17.0 Å². The number of imide groups is 1. The minimum atomic E-state index is -0.880. The van der Waals surface area contributed by atoms with Crippen molar-refractivity contribution in [1.29, 1.82) is 0 Å². The predicted octanol–water partition coefficient (Wildman–Crippen LogP) is 3.37. The van der Waals surface area contributed by atoms with Crippen molar-refractivity contribution in [3.8, 4) is 0 Å². The Bertz CT molecular complexity index is 855. The van der Waals surface area contributed by atoms with E-state index in [0.29, 0.717) is 24.5 Å². The Hall–Kier alpha value is -1.61. The maximum atomic E-state index is 14.0. The van der Waals surface area contributed by atoms with Gasteiger partial charge < -0.3 is 9.64 Å². The Morgan fingerprint density at radius 3 is 2.63 bits per heavy atom. The number of likely N-dealkylation sites (tertiary alicyclic amines) is 1. The van der Waals surface area contributed by atoms with Crippen LogP contribution >= 0.6 is 11.8 Å². The van der Waals surface area contributed by atoms with Crippen LogP contribution in [0.4, 0.5) is 10.6 Å². The highest BCUT2D eigenvalue weighted by Crippen LogP contribution is 2.51. The number of carbonyl (C=O) groups is 2. The summed E-state index contributed by atoms with van der Waals surface area (Å²) >= 11 is 1.50. The van der Waals surface area contributed by atoms with Crippen LogP contribution in [0.25, 0.3) is 0 Å². The zero-order chi connectivity index (χ0) is 21.7. The van der Waals surface area contributed by atoms with Crippen LogP contribution in [0.15, 0.2) is 11.4 Å². The van der Waals surface area contributed by atoms with E-state index in [-0.39, 0.29) is 17.5 Å². The summed E-state index contributed by atoms with van der Waals surface area (Å²) in [4.78, 5) is 39.7. The number of piperidine rings is 1. The molecule has 2 aliphatic heterocycles. The van der Waals surface area contributed by atoms with Crippen LogP contribution in [-0.2, 0) is 16.0 Å². The van der Waals surface area contributed by atoms with Gasteiger partial charge in [0.05, 0.1) is 0 Å². The summed E-state index contributed by atoms with van der Waals surface area (Å²) in [5, 5.41) is 0.701. The smallest absolute Gasteiger partial charge is 0.417 e. The van der Waals surface area contributed by atoms with E-state index >= 15 is 0 Å². The molecule has 1 aliphatic carbocycles. The summed E-state index contributed by atoms with van der Waals surface area (Å²) in [6.07, 6.45) is 8.74. The highest BCUT2D eigenvalue weighted by atomic mass is 32.2. The van der Waals surface area contributed by atoms with Gasteiger partial charge >= 0.3 is 6.09 Å². The molecule has 2 atom stereocenters. The van der Waals surface area contributed by atoms with E-state index in [1.807, 2.05) is 33.2 Å². The third-order valence-corrected chi connectivity index (χ3v) is 7.59. The minimum absolute atomic E-state index is 0.0868. The standard InChI is InChI=1S/C21H29N4O3SSi/c1-20(2,3)28-19(27)24-10-9-15(30)21(17(24)26)11-13-12-22-18(29-4)23-16(13)25(21)14-7-5-6-8-14/h12,14-15H,5-11H2,1-4H3/t15?,21-/m0/s1. The van der Waals surface area contributed by atoms with Crippen molar-refractivity contribution >= 4 is 39.8 Å². The summed E-state index contributed by atoms with van der Waals surface area (Å²) in [7, 11) is 3.90. The Kier molecular flexibility index (Phi) is 5.63. The summed E-state index contributed by atoms with van der Waals surface area (Å²) < 4.78 is 5.56. The molecule has 1 saturated carbocycles. The number of fused-ring (bicyclic) bond motifs is 1. The first-order chi connectivity index (χ1) is 14.2. The molecule has 0 bridgehead atoms. The molecule has 1 aromatic heterocycles. The second-order valence-corrected chi connectivity index (χ2v) is 10.9. The number of rotatable bonds is 2. The van der Waals surface area contributed by atoms with Gasteiger partial charge in [-0.1, -0.05) is 24.6 Å². The molecule has 2 fully saturated rings. The molecular formula is C21H29N4O3SSi. The molecule has 1 saturated heterocycles. The average Bonchev–Trinajstić information content (AvgIpc) is 3.30. The lowest BCUT2D eigenvalue weighted by molar-refractivity contribution is -0.139. The van der Waals surface area contributed by atoms with E-state index in [9.17, 15) is 9.59 Å². The maximum absolute atomic E-state index is 14.0. The van der Waals surface area contributed by atoms with Gasteiger partial charge in [-0.25, -0.2) is 19.7 Å². The monoisotopic (exact) mass is 445 g/mol. The molecule has 1 aromatic rings. The van der Waals surface area contributed by atoms with Crippen LogP contribution in [0.3, 0.4) is 0 Å². The van der Waals surface area contributed by atoms with Crippen LogP contribution in [0.5, 0.6) is 0 Å². The molecule has 3 radical (unpaired) electrons. The van der Waals surface area contributed by atoms with Crippen molar-refractivity contribution in [2.45, 2.75) is 87.2 Å². The summed E-state index contributed by atoms with van der Waals surface area (Å²) in [5.74, 6) is 0.655. The largest absolute Gasteiger partial charge is 0.443 e. The van der Waals surface area contributed by atoms with Gasteiger partial charge in [-0.05, 0) is 51.8 Å². The summed E-state index contributed by atoms with van der Waals surface area (Å²) in [6, 6.07) is 0.234.